The van der Waals surface area contributed by atoms with Crippen molar-refractivity contribution in [2.45, 2.75) is 33.2 Å². The van der Waals surface area contributed by atoms with Gasteiger partial charge in [-0.15, -0.1) is 0 Å². The Balaban J connectivity index is 2.48. The number of rotatable bonds is 6. The molecular formula is C14H20N2O. The van der Waals surface area contributed by atoms with Crippen molar-refractivity contribution < 1.29 is 4.74 Å². The second kappa shape index (κ2) is 6.80. The molecule has 0 radical (unpaired) electrons. The Morgan fingerprint density at radius 3 is 2.41 bits per heavy atom. The lowest BCUT2D eigenvalue weighted by molar-refractivity contribution is 0.368. The van der Waals surface area contributed by atoms with Gasteiger partial charge >= 0.3 is 0 Å². The van der Waals surface area contributed by atoms with Gasteiger partial charge in [-0.1, -0.05) is 13.8 Å². The van der Waals surface area contributed by atoms with E-state index in [0.29, 0.717) is 12.0 Å². The molecule has 0 amide bonds. The molecule has 0 aliphatic heterocycles. The zero-order valence-electron chi connectivity index (χ0n) is 10.7. The number of ether oxygens (including phenoxy) is 1. The minimum absolute atomic E-state index is 0.0938. The van der Waals surface area contributed by atoms with E-state index in [1.165, 1.54) is 0 Å². The van der Waals surface area contributed by atoms with Crippen LogP contribution in [-0.2, 0) is 0 Å². The predicted octanol–water partition coefficient (Wildman–Crippen LogP) is 3.44. The Morgan fingerprint density at radius 1 is 1.24 bits per heavy atom. The third kappa shape index (κ3) is 5.26. The van der Waals surface area contributed by atoms with Crippen LogP contribution < -0.4 is 10.1 Å². The molecule has 0 saturated heterocycles. The van der Waals surface area contributed by atoms with E-state index >= 15 is 0 Å². The topological polar surface area (TPSA) is 45.0 Å². The maximum atomic E-state index is 8.40. The molecular weight excluding hydrogens is 212 g/mol. The van der Waals surface area contributed by atoms with E-state index < -0.39 is 0 Å². The Labute approximate surface area is 103 Å². The van der Waals surface area contributed by atoms with E-state index in [4.69, 9.17) is 10.00 Å². The second-order valence-corrected chi connectivity index (χ2v) is 4.65. The molecule has 0 saturated carbocycles. The summed E-state index contributed by atoms with van der Waals surface area (Å²) in [7, 11) is 0. The van der Waals surface area contributed by atoms with E-state index in [0.717, 1.165) is 17.9 Å². The molecule has 1 unspecified atom stereocenters. The van der Waals surface area contributed by atoms with E-state index in [1.807, 2.05) is 30.3 Å². The minimum atomic E-state index is 0.0938. The van der Waals surface area contributed by atoms with Crippen molar-refractivity contribution in [3.8, 4) is 11.8 Å². The van der Waals surface area contributed by atoms with Crippen molar-refractivity contribution in [3.05, 3.63) is 24.3 Å². The van der Waals surface area contributed by atoms with Gasteiger partial charge in [-0.25, -0.2) is 0 Å². The van der Waals surface area contributed by atoms with E-state index in [1.54, 1.807) is 0 Å². The lowest BCUT2D eigenvalue weighted by Crippen LogP contribution is -2.17. The first kappa shape index (κ1) is 13.4. The third-order valence-electron chi connectivity index (χ3n) is 2.40. The number of hydrogen-bond donors (Lipinski definition) is 1. The number of benzene rings is 1. The van der Waals surface area contributed by atoms with Crippen LogP contribution >= 0.6 is 0 Å². The highest BCUT2D eigenvalue weighted by Crippen LogP contribution is 2.17. The van der Waals surface area contributed by atoms with Gasteiger partial charge in [-0.2, -0.15) is 5.26 Å². The van der Waals surface area contributed by atoms with Gasteiger partial charge in [-0.3, -0.25) is 0 Å². The van der Waals surface area contributed by atoms with E-state index in [2.05, 4.69) is 26.1 Å². The van der Waals surface area contributed by atoms with Crippen LogP contribution in [0.5, 0.6) is 5.75 Å². The van der Waals surface area contributed by atoms with Crippen LogP contribution in [0.4, 0.5) is 5.69 Å². The quantitative estimate of drug-likeness (QED) is 0.817. The van der Waals surface area contributed by atoms with Crippen molar-refractivity contribution in [2.75, 3.05) is 11.9 Å². The molecule has 0 aliphatic carbocycles. The zero-order chi connectivity index (χ0) is 12.7. The number of hydrogen-bond acceptors (Lipinski definition) is 3. The Bertz CT molecular complexity index is 365. The molecule has 1 aromatic carbocycles. The highest BCUT2D eigenvalue weighted by molar-refractivity contribution is 5.46. The number of nitrogens with zero attached hydrogens (tertiary/aromatic N) is 1. The molecule has 0 spiro atoms. The van der Waals surface area contributed by atoms with Crippen molar-refractivity contribution >= 4 is 5.69 Å². The molecule has 3 heteroatoms. The van der Waals surface area contributed by atoms with Gasteiger partial charge in [0, 0.05) is 11.7 Å². The maximum absolute atomic E-state index is 8.40. The van der Waals surface area contributed by atoms with Crippen LogP contribution in [0.25, 0.3) is 0 Å². The summed E-state index contributed by atoms with van der Waals surface area (Å²) in [6, 6.07) is 10.1. The van der Waals surface area contributed by atoms with Crippen LogP contribution in [0.3, 0.4) is 0 Å². The summed E-state index contributed by atoms with van der Waals surface area (Å²) in [5.74, 6) is 1.42. The summed E-state index contributed by atoms with van der Waals surface area (Å²) >= 11 is 0. The van der Waals surface area contributed by atoms with Crippen LogP contribution in [-0.4, -0.2) is 12.6 Å². The fourth-order valence-electron chi connectivity index (χ4n) is 1.81. The summed E-state index contributed by atoms with van der Waals surface area (Å²) in [6.07, 6.45) is 1.15. The van der Waals surface area contributed by atoms with Crippen LogP contribution in [0.15, 0.2) is 24.3 Å². The van der Waals surface area contributed by atoms with Gasteiger partial charge in [0.1, 0.15) is 11.8 Å². The fourth-order valence-corrected chi connectivity index (χ4v) is 1.81. The van der Waals surface area contributed by atoms with Gasteiger partial charge in [0.15, 0.2) is 6.61 Å². The molecule has 1 atom stereocenters. The van der Waals surface area contributed by atoms with Gasteiger partial charge < -0.3 is 10.1 Å². The van der Waals surface area contributed by atoms with Gasteiger partial charge in [-0.05, 0) is 43.5 Å². The summed E-state index contributed by atoms with van der Waals surface area (Å²) in [6.45, 7) is 6.71. The largest absolute Gasteiger partial charge is 0.479 e. The highest BCUT2D eigenvalue weighted by atomic mass is 16.5. The summed E-state index contributed by atoms with van der Waals surface area (Å²) in [4.78, 5) is 0. The second-order valence-electron chi connectivity index (χ2n) is 4.65. The lowest BCUT2D eigenvalue weighted by Gasteiger charge is -2.17. The highest BCUT2D eigenvalue weighted by Gasteiger charge is 2.04. The standard InChI is InChI=1S/C14H20N2O/c1-11(2)10-12(3)16-13-4-6-14(7-5-13)17-9-8-15/h4-7,11-12,16H,9-10H2,1-3H3. The molecule has 1 N–H and O–H groups in total. The Morgan fingerprint density at radius 2 is 1.88 bits per heavy atom. The van der Waals surface area contributed by atoms with Gasteiger partial charge in [0.25, 0.3) is 0 Å². The van der Waals surface area contributed by atoms with Crippen molar-refractivity contribution in [1.29, 1.82) is 5.26 Å². The van der Waals surface area contributed by atoms with Crippen molar-refractivity contribution in [1.82, 2.24) is 0 Å². The lowest BCUT2D eigenvalue weighted by atomic mass is 10.1. The first-order chi connectivity index (χ1) is 8.11. The molecule has 0 aromatic heterocycles. The average molecular weight is 232 g/mol. The number of nitriles is 1. The Hall–Kier alpha value is -1.69. The SMILES string of the molecule is CC(C)CC(C)Nc1ccc(OCC#N)cc1. The number of nitrogens with one attached hydrogen (secondary N) is 1. The van der Waals surface area contributed by atoms with Crippen LogP contribution in [0.2, 0.25) is 0 Å². The Kier molecular flexibility index (Phi) is 5.35. The van der Waals surface area contributed by atoms with Crippen molar-refractivity contribution in [2.24, 2.45) is 5.92 Å². The van der Waals surface area contributed by atoms with Crippen LogP contribution in [0, 0.1) is 17.2 Å². The van der Waals surface area contributed by atoms with E-state index in [9.17, 15) is 0 Å². The molecule has 17 heavy (non-hydrogen) atoms. The molecule has 1 aromatic rings. The molecule has 0 fully saturated rings. The molecule has 0 heterocycles. The minimum Gasteiger partial charge on any atom is -0.479 e. The predicted molar refractivity (Wildman–Crippen MR) is 70.1 cm³/mol. The first-order valence-corrected chi connectivity index (χ1v) is 5.98. The molecule has 3 nitrogen and oxygen atoms in total. The van der Waals surface area contributed by atoms with Gasteiger partial charge in [0.05, 0.1) is 0 Å². The average Bonchev–Trinajstić information content (AvgIpc) is 2.27. The summed E-state index contributed by atoms with van der Waals surface area (Å²) in [5.41, 5.74) is 1.09. The first-order valence-electron chi connectivity index (χ1n) is 5.98. The molecule has 92 valence electrons. The van der Waals surface area contributed by atoms with Crippen molar-refractivity contribution in [3.63, 3.8) is 0 Å². The smallest absolute Gasteiger partial charge is 0.174 e. The normalized spacial score (nSPS) is 11.9. The fraction of sp³-hybridized carbons (Fsp3) is 0.500. The monoisotopic (exact) mass is 232 g/mol. The summed E-state index contributed by atoms with van der Waals surface area (Å²) in [5, 5.41) is 11.8. The molecule has 0 aliphatic rings. The number of anilines is 1. The summed E-state index contributed by atoms with van der Waals surface area (Å²) < 4.78 is 5.19. The zero-order valence-corrected chi connectivity index (χ0v) is 10.7. The van der Waals surface area contributed by atoms with Gasteiger partial charge in [0.2, 0.25) is 0 Å². The van der Waals surface area contributed by atoms with Crippen LogP contribution in [0.1, 0.15) is 27.2 Å². The molecule has 1 rings (SSSR count). The van der Waals surface area contributed by atoms with E-state index in [-0.39, 0.29) is 6.61 Å². The third-order valence-corrected chi connectivity index (χ3v) is 2.40. The molecule has 0 bridgehead atoms. The maximum Gasteiger partial charge on any atom is 0.174 e.